The first-order chi connectivity index (χ1) is 13.2. The zero-order valence-electron chi connectivity index (χ0n) is 15.0. The maximum Gasteiger partial charge on any atom is 0.336 e. The monoisotopic (exact) mass is 360 g/mol. The summed E-state index contributed by atoms with van der Waals surface area (Å²) in [7, 11) is 1.56. The normalized spacial score (nSPS) is 11.1. The van der Waals surface area contributed by atoms with Crippen LogP contribution in [0.15, 0.2) is 78.9 Å². The molecule has 0 amide bonds. The summed E-state index contributed by atoms with van der Waals surface area (Å²) in [5, 5.41) is 9.56. The Labute approximate surface area is 158 Å². The molecule has 0 fully saturated rings. The van der Waals surface area contributed by atoms with E-state index in [-0.39, 0.29) is 5.57 Å². The Morgan fingerprint density at radius 1 is 0.926 bits per heavy atom. The summed E-state index contributed by atoms with van der Waals surface area (Å²) in [6, 6.07) is 24.2. The molecule has 0 heterocycles. The van der Waals surface area contributed by atoms with Crippen molar-refractivity contribution < 1.29 is 19.4 Å². The second-order valence-corrected chi connectivity index (χ2v) is 5.91. The molecule has 0 radical (unpaired) electrons. The summed E-state index contributed by atoms with van der Waals surface area (Å²) < 4.78 is 11.3. The summed E-state index contributed by atoms with van der Waals surface area (Å²) >= 11 is 0. The van der Waals surface area contributed by atoms with Crippen molar-refractivity contribution in [3.05, 3.63) is 95.6 Å². The van der Waals surface area contributed by atoms with Crippen molar-refractivity contribution in [3.8, 4) is 11.5 Å². The van der Waals surface area contributed by atoms with Gasteiger partial charge in [-0.3, -0.25) is 0 Å². The van der Waals surface area contributed by atoms with Gasteiger partial charge in [-0.25, -0.2) is 4.79 Å². The molecule has 0 saturated heterocycles. The fourth-order valence-electron chi connectivity index (χ4n) is 2.68. The molecule has 4 nitrogen and oxygen atoms in total. The van der Waals surface area contributed by atoms with Crippen LogP contribution < -0.4 is 9.47 Å². The maximum atomic E-state index is 11.7. The van der Waals surface area contributed by atoms with Crippen molar-refractivity contribution in [2.75, 3.05) is 7.11 Å². The van der Waals surface area contributed by atoms with Crippen molar-refractivity contribution in [3.63, 3.8) is 0 Å². The quantitative estimate of drug-likeness (QED) is 0.481. The van der Waals surface area contributed by atoms with Crippen LogP contribution in [0.1, 0.15) is 16.7 Å². The van der Waals surface area contributed by atoms with E-state index >= 15 is 0 Å². The summed E-state index contributed by atoms with van der Waals surface area (Å²) in [5.74, 6) is 0.178. The number of aliphatic carboxylic acids is 1. The summed E-state index contributed by atoms with van der Waals surface area (Å²) in [6.07, 6.45) is 1.63. The zero-order valence-corrected chi connectivity index (χ0v) is 15.0. The number of carboxylic acids is 1. The second-order valence-electron chi connectivity index (χ2n) is 5.91. The Hall–Kier alpha value is -3.53. The van der Waals surface area contributed by atoms with Gasteiger partial charge in [0.1, 0.15) is 6.61 Å². The third-order valence-corrected chi connectivity index (χ3v) is 4.05. The Kier molecular flexibility index (Phi) is 5.90. The van der Waals surface area contributed by atoms with Gasteiger partial charge in [-0.2, -0.15) is 0 Å². The van der Waals surface area contributed by atoms with Crippen LogP contribution in [0.2, 0.25) is 0 Å². The van der Waals surface area contributed by atoms with Crippen LogP contribution in [0.4, 0.5) is 0 Å². The Morgan fingerprint density at radius 3 is 2.22 bits per heavy atom. The number of carboxylic acid groups (broad SMARTS) is 1. The van der Waals surface area contributed by atoms with Crippen LogP contribution in [0.25, 0.3) is 11.6 Å². The summed E-state index contributed by atoms with van der Waals surface area (Å²) in [6.45, 7) is 0.427. The van der Waals surface area contributed by atoms with Gasteiger partial charge in [0.05, 0.1) is 12.7 Å². The van der Waals surface area contributed by atoms with Crippen molar-refractivity contribution in [2.24, 2.45) is 0 Å². The van der Waals surface area contributed by atoms with Crippen LogP contribution >= 0.6 is 0 Å². The zero-order chi connectivity index (χ0) is 19.1. The smallest absolute Gasteiger partial charge is 0.336 e. The first-order valence-corrected chi connectivity index (χ1v) is 8.52. The molecular formula is C23H20O4. The SMILES string of the molecule is COc1cc(/C=C(/C(=O)O)c2ccccc2)ccc1OCc1ccccc1. The van der Waals surface area contributed by atoms with Gasteiger partial charge >= 0.3 is 5.97 Å². The van der Waals surface area contributed by atoms with Crippen LogP contribution in [0.3, 0.4) is 0 Å². The molecule has 0 atom stereocenters. The minimum Gasteiger partial charge on any atom is -0.493 e. The molecule has 0 bridgehead atoms. The van der Waals surface area contributed by atoms with Gasteiger partial charge in [0.25, 0.3) is 0 Å². The molecule has 3 aromatic rings. The van der Waals surface area contributed by atoms with Crippen LogP contribution in [0.5, 0.6) is 11.5 Å². The Bertz CT molecular complexity index is 931. The number of methoxy groups -OCH3 is 1. The number of hydrogen-bond acceptors (Lipinski definition) is 3. The van der Waals surface area contributed by atoms with Gasteiger partial charge in [-0.15, -0.1) is 0 Å². The third-order valence-electron chi connectivity index (χ3n) is 4.05. The molecule has 0 aliphatic heterocycles. The predicted molar refractivity (Wildman–Crippen MR) is 106 cm³/mol. The van der Waals surface area contributed by atoms with Crippen molar-refractivity contribution >= 4 is 17.6 Å². The molecule has 0 aliphatic rings. The van der Waals surface area contributed by atoms with E-state index < -0.39 is 5.97 Å². The highest BCUT2D eigenvalue weighted by molar-refractivity contribution is 6.20. The van der Waals surface area contributed by atoms with E-state index in [1.165, 1.54) is 0 Å². The molecule has 0 unspecified atom stereocenters. The standard InChI is InChI=1S/C23H20O4/c1-26-22-15-18(14-20(23(24)25)19-10-6-3-7-11-19)12-13-21(22)27-16-17-8-4-2-5-9-17/h2-15H,16H2,1H3,(H,24,25)/b20-14+. The highest BCUT2D eigenvalue weighted by Crippen LogP contribution is 2.30. The van der Waals surface area contributed by atoms with Gasteiger partial charge in [-0.05, 0) is 34.9 Å². The highest BCUT2D eigenvalue weighted by Gasteiger charge is 2.11. The van der Waals surface area contributed by atoms with E-state index in [4.69, 9.17) is 9.47 Å². The van der Waals surface area contributed by atoms with Crippen LogP contribution in [0, 0.1) is 0 Å². The Balaban J connectivity index is 1.85. The molecule has 27 heavy (non-hydrogen) atoms. The lowest BCUT2D eigenvalue weighted by Gasteiger charge is -2.12. The first-order valence-electron chi connectivity index (χ1n) is 8.52. The van der Waals surface area contributed by atoms with Crippen molar-refractivity contribution in [1.82, 2.24) is 0 Å². The lowest BCUT2D eigenvalue weighted by Crippen LogP contribution is -2.00. The van der Waals surface area contributed by atoms with Gasteiger partial charge < -0.3 is 14.6 Å². The first kappa shape index (κ1) is 18.3. The van der Waals surface area contributed by atoms with Gasteiger partial charge in [0.15, 0.2) is 11.5 Å². The number of hydrogen-bond donors (Lipinski definition) is 1. The number of benzene rings is 3. The van der Waals surface area contributed by atoms with Gasteiger partial charge in [-0.1, -0.05) is 66.7 Å². The van der Waals surface area contributed by atoms with Crippen molar-refractivity contribution in [2.45, 2.75) is 6.61 Å². The average Bonchev–Trinajstić information content (AvgIpc) is 2.72. The largest absolute Gasteiger partial charge is 0.493 e. The Morgan fingerprint density at radius 2 is 1.59 bits per heavy atom. The molecule has 4 heteroatoms. The van der Waals surface area contributed by atoms with E-state index in [1.807, 2.05) is 54.6 Å². The molecule has 3 rings (SSSR count). The summed E-state index contributed by atoms with van der Waals surface area (Å²) in [4.78, 5) is 11.7. The third kappa shape index (κ3) is 4.76. The molecule has 1 N–H and O–H groups in total. The van der Waals surface area contributed by atoms with Crippen LogP contribution in [-0.2, 0) is 11.4 Å². The maximum absolute atomic E-state index is 11.7. The fraction of sp³-hybridized carbons (Fsp3) is 0.0870. The van der Waals surface area contributed by atoms with Crippen LogP contribution in [-0.4, -0.2) is 18.2 Å². The lowest BCUT2D eigenvalue weighted by atomic mass is 10.0. The topological polar surface area (TPSA) is 55.8 Å². The minimum atomic E-state index is -0.982. The molecule has 0 saturated carbocycles. The van der Waals surface area contributed by atoms with E-state index in [1.54, 1.807) is 37.5 Å². The van der Waals surface area contributed by atoms with Gasteiger partial charge in [0.2, 0.25) is 0 Å². The lowest BCUT2D eigenvalue weighted by molar-refractivity contribution is -0.130. The fourth-order valence-corrected chi connectivity index (χ4v) is 2.68. The number of carbonyl (C=O) groups is 1. The van der Waals surface area contributed by atoms with Crippen molar-refractivity contribution in [1.29, 1.82) is 0 Å². The predicted octanol–water partition coefficient (Wildman–Crippen LogP) is 4.90. The number of rotatable bonds is 7. The second kappa shape index (κ2) is 8.72. The number of ether oxygens (including phenoxy) is 2. The molecule has 0 aliphatic carbocycles. The molecule has 3 aromatic carbocycles. The van der Waals surface area contributed by atoms with E-state index in [2.05, 4.69) is 0 Å². The molecule has 0 aromatic heterocycles. The highest BCUT2D eigenvalue weighted by atomic mass is 16.5. The average molecular weight is 360 g/mol. The van der Waals surface area contributed by atoms with Gasteiger partial charge in [0, 0.05) is 0 Å². The van der Waals surface area contributed by atoms with E-state index in [0.717, 1.165) is 11.1 Å². The van der Waals surface area contributed by atoms with E-state index in [9.17, 15) is 9.90 Å². The molecular weight excluding hydrogens is 340 g/mol. The summed E-state index contributed by atoms with van der Waals surface area (Å²) in [5.41, 5.74) is 2.64. The minimum absolute atomic E-state index is 0.218. The molecule has 0 spiro atoms. The van der Waals surface area contributed by atoms with E-state index in [0.29, 0.717) is 23.7 Å². The molecule has 136 valence electrons.